The van der Waals surface area contributed by atoms with Crippen LogP contribution in [0.5, 0.6) is 0 Å². The van der Waals surface area contributed by atoms with Crippen molar-refractivity contribution in [1.29, 1.82) is 0 Å². The molecule has 2 aromatic rings. The van der Waals surface area contributed by atoms with E-state index in [2.05, 4.69) is 11.4 Å². The molecule has 1 aliphatic rings. The second-order valence-corrected chi connectivity index (χ2v) is 3.39. The molecule has 1 aromatic carbocycles. The van der Waals surface area contributed by atoms with Gasteiger partial charge in [-0.25, -0.2) is 9.37 Å². The van der Waals surface area contributed by atoms with Crippen molar-refractivity contribution in [3.8, 4) is 0 Å². The Labute approximate surface area is 74.4 Å². The van der Waals surface area contributed by atoms with Crippen molar-refractivity contribution in [3.63, 3.8) is 0 Å². The molecule has 0 spiro atoms. The lowest BCUT2D eigenvalue weighted by Crippen LogP contribution is -1.87. The third-order valence-electron chi connectivity index (χ3n) is 2.44. The Bertz CT molecular complexity index is 459. The third-order valence-corrected chi connectivity index (χ3v) is 2.44. The standard InChI is InChI=1S/C10H7FNO/c11-9-7(6-1-2-6)3-4-8-10(9)12-5-13-8/h3-4,6H,1-2H2. The maximum atomic E-state index is 13.7. The molecule has 0 N–H and O–H groups in total. The number of oxazole rings is 1. The maximum Gasteiger partial charge on any atom is 0.284 e. The highest BCUT2D eigenvalue weighted by atomic mass is 19.1. The van der Waals surface area contributed by atoms with Crippen LogP contribution in [0.3, 0.4) is 0 Å². The van der Waals surface area contributed by atoms with Gasteiger partial charge in [0.1, 0.15) is 5.52 Å². The number of aromatic nitrogens is 1. The Hall–Kier alpha value is -1.38. The molecule has 1 radical (unpaired) electrons. The van der Waals surface area contributed by atoms with Gasteiger partial charge in [-0.05, 0) is 30.4 Å². The highest BCUT2D eigenvalue weighted by Crippen LogP contribution is 2.42. The molecule has 3 rings (SSSR count). The van der Waals surface area contributed by atoms with E-state index in [-0.39, 0.29) is 5.82 Å². The minimum atomic E-state index is -0.231. The van der Waals surface area contributed by atoms with Crippen LogP contribution in [-0.4, -0.2) is 4.98 Å². The lowest BCUT2D eigenvalue weighted by Gasteiger charge is -1.98. The van der Waals surface area contributed by atoms with Crippen LogP contribution in [0, 0.1) is 12.2 Å². The van der Waals surface area contributed by atoms with Crippen molar-refractivity contribution in [2.75, 3.05) is 0 Å². The van der Waals surface area contributed by atoms with Gasteiger partial charge in [-0.15, -0.1) is 0 Å². The third kappa shape index (κ3) is 0.963. The van der Waals surface area contributed by atoms with Crippen molar-refractivity contribution in [2.24, 2.45) is 0 Å². The topological polar surface area (TPSA) is 26.0 Å². The monoisotopic (exact) mass is 176 g/mol. The van der Waals surface area contributed by atoms with E-state index < -0.39 is 0 Å². The number of hydrogen-bond donors (Lipinski definition) is 0. The molecule has 3 heteroatoms. The van der Waals surface area contributed by atoms with Crippen LogP contribution in [0.1, 0.15) is 24.3 Å². The van der Waals surface area contributed by atoms with Crippen LogP contribution in [0.15, 0.2) is 16.5 Å². The van der Waals surface area contributed by atoms with Crippen molar-refractivity contribution in [2.45, 2.75) is 18.8 Å². The largest absolute Gasteiger partial charge is 0.432 e. The van der Waals surface area contributed by atoms with Crippen molar-refractivity contribution in [1.82, 2.24) is 4.98 Å². The number of nitrogens with zero attached hydrogens (tertiary/aromatic N) is 1. The SMILES string of the molecule is Fc1c(C2CC2)ccc2o[c]nc12. The molecule has 0 unspecified atom stereocenters. The van der Waals surface area contributed by atoms with E-state index in [0.717, 1.165) is 18.4 Å². The highest BCUT2D eigenvalue weighted by Gasteiger charge is 2.27. The molecule has 1 fully saturated rings. The van der Waals surface area contributed by atoms with Gasteiger partial charge in [0.2, 0.25) is 0 Å². The van der Waals surface area contributed by atoms with Gasteiger partial charge in [0, 0.05) is 0 Å². The summed E-state index contributed by atoms with van der Waals surface area (Å²) in [4.78, 5) is 3.72. The average Bonchev–Trinajstić information content (AvgIpc) is 2.83. The normalized spacial score (nSPS) is 16.7. The summed E-state index contributed by atoms with van der Waals surface area (Å²) < 4.78 is 18.5. The van der Waals surface area contributed by atoms with E-state index in [1.807, 2.05) is 0 Å². The van der Waals surface area contributed by atoms with Crippen LogP contribution >= 0.6 is 0 Å². The minimum Gasteiger partial charge on any atom is -0.432 e. The van der Waals surface area contributed by atoms with E-state index in [1.54, 1.807) is 12.1 Å². The first-order valence-corrected chi connectivity index (χ1v) is 4.31. The molecule has 0 amide bonds. The van der Waals surface area contributed by atoms with E-state index >= 15 is 0 Å². The second kappa shape index (κ2) is 2.31. The zero-order valence-corrected chi connectivity index (χ0v) is 6.88. The molecule has 1 aromatic heterocycles. The number of halogens is 1. The number of benzene rings is 1. The molecule has 13 heavy (non-hydrogen) atoms. The van der Waals surface area contributed by atoms with E-state index in [4.69, 9.17) is 4.42 Å². The summed E-state index contributed by atoms with van der Waals surface area (Å²) in [5.74, 6) is 0.172. The summed E-state index contributed by atoms with van der Waals surface area (Å²) in [6.07, 6.45) is 4.47. The molecule has 0 saturated heterocycles. The first-order chi connectivity index (χ1) is 6.36. The molecule has 65 valence electrons. The fourth-order valence-electron chi connectivity index (χ4n) is 1.58. The summed E-state index contributed by atoms with van der Waals surface area (Å²) in [5, 5.41) is 0. The second-order valence-electron chi connectivity index (χ2n) is 3.39. The Kier molecular flexibility index (Phi) is 1.26. The van der Waals surface area contributed by atoms with Crippen LogP contribution in [0.4, 0.5) is 4.39 Å². The minimum absolute atomic E-state index is 0.231. The van der Waals surface area contributed by atoms with Crippen molar-refractivity contribution in [3.05, 3.63) is 29.9 Å². The first kappa shape index (κ1) is 7.06. The van der Waals surface area contributed by atoms with Crippen LogP contribution in [0.2, 0.25) is 0 Å². The molecule has 1 aliphatic carbocycles. The predicted octanol–water partition coefficient (Wildman–Crippen LogP) is 2.64. The zero-order chi connectivity index (χ0) is 8.84. The van der Waals surface area contributed by atoms with Crippen molar-refractivity contribution >= 4 is 11.1 Å². The number of rotatable bonds is 1. The summed E-state index contributed by atoms with van der Waals surface area (Å²) in [5.41, 5.74) is 1.56. The van der Waals surface area contributed by atoms with Gasteiger partial charge in [0.15, 0.2) is 11.4 Å². The zero-order valence-electron chi connectivity index (χ0n) is 6.88. The van der Waals surface area contributed by atoms with Gasteiger partial charge in [0.25, 0.3) is 6.39 Å². The summed E-state index contributed by atoms with van der Waals surface area (Å²) in [6, 6.07) is 3.55. The summed E-state index contributed by atoms with van der Waals surface area (Å²) in [6.45, 7) is 0. The van der Waals surface area contributed by atoms with E-state index in [9.17, 15) is 4.39 Å². The maximum absolute atomic E-state index is 13.7. The lowest BCUT2D eigenvalue weighted by molar-refractivity contribution is 0.589. The average molecular weight is 176 g/mol. The van der Waals surface area contributed by atoms with E-state index in [0.29, 0.717) is 17.0 Å². The Morgan fingerprint density at radius 2 is 2.31 bits per heavy atom. The number of hydrogen-bond acceptors (Lipinski definition) is 2. The molecular weight excluding hydrogens is 169 g/mol. The Morgan fingerprint density at radius 3 is 3.08 bits per heavy atom. The van der Waals surface area contributed by atoms with Gasteiger partial charge in [-0.2, -0.15) is 0 Å². The molecule has 1 saturated carbocycles. The van der Waals surface area contributed by atoms with Gasteiger partial charge in [-0.3, -0.25) is 0 Å². The van der Waals surface area contributed by atoms with Crippen LogP contribution < -0.4 is 0 Å². The lowest BCUT2D eigenvalue weighted by atomic mass is 10.1. The quantitative estimate of drug-likeness (QED) is 0.667. The highest BCUT2D eigenvalue weighted by molar-refractivity contribution is 5.74. The fraction of sp³-hybridized carbons (Fsp3) is 0.300. The Morgan fingerprint density at radius 1 is 1.46 bits per heavy atom. The molecular formula is C10H7FNO. The molecule has 0 atom stereocenters. The molecule has 0 aliphatic heterocycles. The summed E-state index contributed by atoms with van der Waals surface area (Å²) in [7, 11) is 0. The fourth-order valence-corrected chi connectivity index (χ4v) is 1.58. The van der Waals surface area contributed by atoms with Crippen molar-refractivity contribution < 1.29 is 8.81 Å². The molecule has 0 bridgehead atoms. The van der Waals surface area contributed by atoms with Gasteiger partial charge in [-0.1, -0.05) is 6.07 Å². The van der Waals surface area contributed by atoms with Crippen LogP contribution in [-0.2, 0) is 0 Å². The van der Waals surface area contributed by atoms with Gasteiger partial charge in [0.05, 0.1) is 0 Å². The first-order valence-electron chi connectivity index (χ1n) is 4.31. The van der Waals surface area contributed by atoms with Gasteiger partial charge < -0.3 is 4.42 Å². The smallest absolute Gasteiger partial charge is 0.284 e. The van der Waals surface area contributed by atoms with Crippen LogP contribution in [0.25, 0.3) is 11.1 Å². The molecule has 2 nitrogen and oxygen atoms in total. The predicted molar refractivity (Wildman–Crippen MR) is 44.8 cm³/mol. The molecule has 1 heterocycles. The number of fused-ring (bicyclic) bond motifs is 1. The van der Waals surface area contributed by atoms with E-state index in [1.165, 1.54) is 0 Å². The summed E-state index contributed by atoms with van der Waals surface area (Å²) >= 11 is 0. The van der Waals surface area contributed by atoms with Gasteiger partial charge >= 0.3 is 0 Å². The Balaban J connectivity index is 2.30.